The lowest BCUT2D eigenvalue weighted by atomic mass is 9.86. The van der Waals surface area contributed by atoms with Gasteiger partial charge in [-0.2, -0.15) is 0 Å². The number of benzene rings is 1. The van der Waals surface area contributed by atoms with E-state index in [4.69, 9.17) is 5.73 Å². The molecule has 0 amide bonds. The zero-order chi connectivity index (χ0) is 11.6. The van der Waals surface area contributed by atoms with Gasteiger partial charge in [-0.15, -0.1) is 0 Å². The van der Waals surface area contributed by atoms with Crippen molar-refractivity contribution in [3.63, 3.8) is 0 Å². The molecule has 2 rings (SSSR count). The Labute approximate surface area is 96.6 Å². The molecule has 0 radical (unpaired) electrons. The van der Waals surface area contributed by atoms with E-state index in [1.54, 1.807) is 0 Å². The lowest BCUT2D eigenvalue weighted by Gasteiger charge is -2.21. The van der Waals surface area contributed by atoms with E-state index in [1.807, 2.05) is 30.3 Å². The summed E-state index contributed by atoms with van der Waals surface area (Å²) in [6.07, 6.45) is 0.749. The highest BCUT2D eigenvalue weighted by molar-refractivity contribution is 7.91. The molecule has 3 nitrogen and oxygen atoms in total. The van der Waals surface area contributed by atoms with Gasteiger partial charge in [0.1, 0.15) is 0 Å². The molecule has 0 spiro atoms. The molecular formula is C12H17NO2S. The van der Waals surface area contributed by atoms with Gasteiger partial charge in [0.25, 0.3) is 0 Å². The molecule has 1 heterocycles. The van der Waals surface area contributed by atoms with E-state index >= 15 is 0 Å². The summed E-state index contributed by atoms with van der Waals surface area (Å²) in [5, 5.41) is 0. The van der Waals surface area contributed by atoms with Gasteiger partial charge in [0, 0.05) is 0 Å². The van der Waals surface area contributed by atoms with Gasteiger partial charge in [-0.05, 0) is 30.4 Å². The lowest BCUT2D eigenvalue weighted by molar-refractivity contribution is 0.474. The third-order valence-electron chi connectivity index (χ3n) is 3.32. The standard InChI is InChI=1S/C12H17NO2S/c13-8-12(10-4-2-1-3-5-10)11-6-7-16(14,15)9-11/h1-5,11-12H,6-9,13H2. The van der Waals surface area contributed by atoms with Gasteiger partial charge in [0.2, 0.25) is 0 Å². The van der Waals surface area contributed by atoms with E-state index < -0.39 is 9.84 Å². The van der Waals surface area contributed by atoms with Crippen LogP contribution in [-0.4, -0.2) is 26.5 Å². The highest BCUT2D eigenvalue weighted by Gasteiger charge is 2.33. The Bertz CT molecular complexity index is 441. The molecule has 1 aliphatic rings. The molecule has 0 saturated carbocycles. The normalized spacial score (nSPS) is 25.4. The van der Waals surface area contributed by atoms with Crippen molar-refractivity contribution in [1.82, 2.24) is 0 Å². The molecule has 2 unspecified atom stereocenters. The molecule has 0 aromatic heterocycles. The summed E-state index contributed by atoms with van der Waals surface area (Å²) in [6, 6.07) is 9.97. The van der Waals surface area contributed by atoms with Gasteiger partial charge in [-0.1, -0.05) is 30.3 Å². The molecule has 1 aromatic carbocycles. The first kappa shape index (κ1) is 11.6. The minimum absolute atomic E-state index is 0.179. The number of nitrogens with two attached hydrogens (primary N) is 1. The van der Waals surface area contributed by atoms with Crippen LogP contribution in [0.3, 0.4) is 0 Å². The topological polar surface area (TPSA) is 60.2 Å². The molecule has 1 fully saturated rings. The van der Waals surface area contributed by atoms with Crippen LogP contribution >= 0.6 is 0 Å². The minimum Gasteiger partial charge on any atom is -0.330 e. The highest BCUT2D eigenvalue weighted by atomic mass is 32.2. The summed E-state index contributed by atoms with van der Waals surface area (Å²) in [7, 11) is -2.81. The van der Waals surface area contributed by atoms with Crippen molar-refractivity contribution in [3.8, 4) is 0 Å². The van der Waals surface area contributed by atoms with Gasteiger partial charge in [-0.3, -0.25) is 0 Å². The average molecular weight is 239 g/mol. The zero-order valence-electron chi connectivity index (χ0n) is 9.17. The van der Waals surface area contributed by atoms with E-state index in [1.165, 1.54) is 0 Å². The van der Waals surface area contributed by atoms with Crippen molar-refractivity contribution in [3.05, 3.63) is 35.9 Å². The van der Waals surface area contributed by atoms with Crippen molar-refractivity contribution >= 4 is 9.84 Å². The number of hydrogen-bond acceptors (Lipinski definition) is 3. The molecule has 2 atom stereocenters. The van der Waals surface area contributed by atoms with Crippen LogP contribution in [0.4, 0.5) is 0 Å². The fourth-order valence-electron chi connectivity index (χ4n) is 2.44. The van der Waals surface area contributed by atoms with Crippen molar-refractivity contribution < 1.29 is 8.42 Å². The Hall–Kier alpha value is -0.870. The fraction of sp³-hybridized carbons (Fsp3) is 0.500. The Morgan fingerprint density at radius 1 is 1.31 bits per heavy atom. The van der Waals surface area contributed by atoms with Crippen LogP contribution in [0.2, 0.25) is 0 Å². The molecule has 88 valence electrons. The maximum absolute atomic E-state index is 11.5. The molecular weight excluding hydrogens is 222 g/mol. The van der Waals surface area contributed by atoms with Crippen LogP contribution in [0.15, 0.2) is 30.3 Å². The first-order chi connectivity index (χ1) is 7.62. The first-order valence-electron chi connectivity index (χ1n) is 5.58. The molecule has 1 aromatic rings. The largest absolute Gasteiger partial charge is 0.330 e. The molecule has 4 heteroatoms. The average Bonchev–Trinajstić information content (AvgIpc) is 2.62. The summed E-state index contributed by atoms with van der Waals surface area (Å²) in [5.74, 6) is 0.987. The van der Waals surface area contributed by atoms with Crippen molar-refractivity contribution in [2.45, 2.75) is 12.3 Å². The van der Waals surface area contributed by atoms with Crippen molar-refractivity contribution in [2.24, 2.45) is 11.7 Å². The first-order valence-corrected chi connectivity index (χ1v) is 7.40. The fourth-order valence-corrected chi connectivity index (χ4v) is 4.32. The summed E-state index contributed by atoms with van der Waals surface area (Å²) >= 11 is 0. The molecule has 1 aliphatic heterocycles. The molecule has 0 bridgehead atoms. The lowest BCUT2D eigenvalue weighted by Crippen LogP contribution is -2.22. The van der Waals surface area contributed by atoms with Gasteiger partial charge >= 0.3 is 0 Å². The van der Waals surface area contributed by atoms with E-state index in [9.17, 15) is 8.42 Å². The van der Waals surface area contributed by atoms with Crippen LogP contribution < -0.4 is 5.73 Å². The summed E-state index contributed by atoms with van der Waals surface area (Å²) in [4.78, 5) is 0. The summed E-state index contributed by atoms with van der Waals surface area (Å²) in [6.45, 7) is 0.518. The Balaban J connectivity index is 2.19. The van der Waals surface area contributed by atoms with Crippen molar-refractivity contribution in [2.75, 3.05) is 18.1 Å². The van der Waals surface area contributed by atoms with Gasteiger partial charge in [0.15, 0.2) is 9.84 Å². The molecule has 1 saturated heterocycles. The SMILES string of the molecule is NCC(c1ccccc1)C1CCS(=O)(=O)C1. The van der Waals surface area contributed by atoms with Gasteiger partial charge in [0.05, 0.1) is 11.5 Å². The number of hydrogen-bond donors (Lipinski definition) is 1. The molecule has 2 N–H and O–H groups in total. The maximum Gasteiger partial charge on any atom is 0.150 e. The van der Waals surface area contributed by atoms with Crippen LogP contribution in [0.5, 0.6) is 0 Å². The third-order valence-corrected chi connectivity index (χ3v) is 5.11. The van der Waals surface area contributed by atoms with E-state index in [-0.39, 0.29) is 11.8 Å². The predicted molar refractivity (Wildman–Crippen MR) is 65.0 cm³/mol. The van der Waals surface area contributed by atoms with Crippen LogP contribution in [0.25, 0.3) is 0 Å². The van der Waals surface area contributed by atoms with E-state index in [0.29, 0.717) is 18.1 Å². The van der Waals surface area contributed by atoms with Crippen LogP contribution in [0, 0.1) is 5.92 Å². The maximum atomic E-state index is 11.5. The van der Waals surface area contributed by atoms with Crippen molar-refractivity contribution in [1.29, 1.82) is 0 Å². The summed E-state index contributed by atoms with van der Waals surface area (Å²) < 4.78 is 22.9. The Morgan fingerprint density at radius 2 is 2.00 bits per heavy atom. The molecule has 0 aliphatic carbocycles. The quantitative estimate of drug-likeness (QED) is 0.861. The minimum atomic E-state index is -2.81. The predicted octanol–water partition coefficient (Wildman–Crippen LogP) is 1.16. The molecule has 16 heavy (non-hydrogen) atoms. The highest BCUT2D eigenvalue weighted by Crippen LogP contribution is 2.32. The number of rotatable bonds is 3. The third kappa shape index (κ3) is 2.44. The summed E-state index contributed by atoms with van der Waals surface area (Å²) in [5.41, 5.74) is 6.94. The van der Waals surface area contributed by atoms with Gasteiger partial charge < -0.3 is 5.73 Å². The number of sulfone groups is 1. The van der Waals surface area contributed by atoms with Crippen LogP contribution in [-0.2, 0) is 9.84 Å². The Kier molecular flexibility index (Phi) is 3.30. The van der Waals surface area contributed by atoms with Crippen LogP contribution in [0.1, 0.15) is 17.9 Å². The smallest absolute Gasteiger partial charge is 0.150 e. The van der Waals surface area contributed by atoms with E-state index in [0.717, 1.165) is 12.0 Å². The second-order valence-corrected chi connectivity index (χ2v) is 6.64. The Morgan fingerprint density at radius 3 is 2.50 bits per heavy atom. The van der Waals surface area contributed by atoms with E-state index in [2.05, 4.69) is 0 Å². The second-order valence-electron chi connectivity index (χ2n) is 4.42. The zero-order valence-corrected chi connectivity index (χ0v) is 9.99. The second kappa shape index (κ2) is 4.55. The van der Waals surface area contributed by atoms with Gasteiger partial charge in [-0.25, -0.2) is 8.42 Å². The monoisotopic (exact) mass is 239 g/mol.